The molecule has 0 aliphatic heterocycles. The highest BCUT2D eigenvalue weighted by atomic mass is 16.5. The number of nitrogens with zero attached hydrogens (tertiary/aromatic N) is 1. The maximum Gasteiger partial charge on any atom is 0.310 e. The lowest BCUT2D eigenvalue weighted by atomic mass is 9.79. The van der Waals surface area contributed by atoms with E-state index in [0.717, 1.165) is 31.6 Å². The number of hydrogen-bond donors (Lipinski definition) is 0. The first-order valence-electron chi connectivity index (χ1n) is 9.00. The van der Waals surface area contributed by atoms with Crippen molar-refractivity contribution in [2.45, 2.75) is 58.8 Å². The molecule has 0 aromatic carbocycles. The first kappa shape index (κ1) is 19.7. The average Bonchev–Trinajstić information content (AvgIpc) is 2.58. The van der Waals surface area contributed by atoms with Gasteiger partial charge in [0.25, 0.3) is 0 Å². The molecule has 23 heavy (non-hydrogen) atoms. The van der Waals surface area contributed by atoms with Crippen LogP contribution in [0.25, 0.3) is 0 Å². The van der Waals surface area contributed by atoms with Crippen molar-refractivity contribution in [3.63, 3.8) is 0 Å². The van der Waals surface area contributed by atoms with Crippen LogP contribution in [0.3, 0.4) is 0 Å². The fourth-order valence-corrected chi connectivity index (χ4v) is 3.47. The smallest absolute Gasteiger partial charge is 0.310 e. The van der Waals surface area contributed by atoms with E-state index in [-0.39, 0.29) is 23.7 Å². The molecular formula is C19H33NO3. The van der Waals surface area contributed by atoms with Gasteiger partial charge in [0.1, 0.15) is 0 Å². The molecule has 0 aromatic rings. The molecule has 132 valence electrons. The van der Waals surface area contributed by atoms with Gasteiger partial charge < -0.3 is 9.64 Å². The molecule has 0 bridgehead atoms. The van der Waals surface area contributed by atoms with E-state index in [0.29, 0.717) is 13.1 Å². The van der Waals surface area contributed by atoms with Gasteiger partial charge in [0.2, 0.25) is 5.91 Å². The normalized spacial score (nSPS) is 22.2. The molecule has 0 spiro atoms. The fourth-order valence-electron chi connectivity index (χ4n) is 3.47. The fraction of sp³-hybridized carbons (Fsp3) is 0.789. The quantitative estimate of drug-likeness (QED) is 0.479. The Morgan fingerprint density at radius 1 is 1.30 bits per heavy atom. The predicted molar refractivity (Wildman–Crippen MR) is 92.9 cm³/mol. The SMILES string of the molecule is C=CCN(CC(C)C(=O)OC)C(=O)C1CCC(CCCC)CC1. The molecule has 1 atom stereocenters. The van der Waals surface area contributed by atoms with Gasteiger partial charge in [-0.05, 0) is 31.6 Å². The van der Waals surface area contributed by atoms with Crippen molar-refractivity contribution in [1.29, 1.82) is 0 Å². The van der Waals surface area contributed by atoms with Crippen molar-refractivity contribution < 1.29 is 14.3 Å². The van der Waals surface area contributed by atoms with Crippen LogP contribution in [0.2, 0.25) is 0 Å². The van der Waals surface area contributed by atoms with E-state index in [2.05, 4.69) is 13.5 Å². The first-order chi connectivity index (χ1) is 11.0. The van der Waals surface area contributed by atoms with Crippen LogP contribution in [0, 0.1) is 17.8 Å². The van der Waals surface area contributed by atoms with E-state index < -0.39 is 0 Å². The Morgan fingerprint density at radius 2 is 1.96 bits per heavy atom. The number of carbonyl (C=O) groups is 2. The lowest BCUT2D eigenvalue weighted by molar-refractivity contribution is -0.147. The Morgan fingerprint density at radius 3 is 2.48 bits per heavy atom. The summed E-state index contributed by atoms with van der Waals surface area (Å²) in [6, 6.07) is 0. The number of methoxy groups -OCH3 is 1. The maximum absolute atomic E-state index is 12.8. The van der Waals surface area contributed by atoms with Crippen LogP contribution >= 0.6 is 0 Å². The third-order valence-corrected chi connectivity index (χ3v) is 4.92. The summed E-state index contributed by atoms with van der Waals surface area (Å²) < 4.78 is 4.77. The highest BCUT2D eigenvalue weighted by Gasteiger charge is 2.30. The lowest BCUT2D eigenvalue weighted by Gasteiger charge is -2.32. The first-order valence-corrected chi connectivity index (χ1v) is 9.00. The van der Waals surface area contributed by atoms with Crippen molar-refractivity contribution in [1.82, 2.24) is 4.90 Å². The van der Waals surface area contributed by atoms with E-state index >= 15 is 0 Å². The van der Waals surface area contributed by atoms with Crippen LogP contribution in [-0.4, -0.2) is 37.0 Å². The minimum absolute atomic E-state index is 0.109. The molecule has 1 saturated carbocycles. The Kier molecular flexibility index (Phi) is 8.97. The van der Waals surface area contributed by atoms with Crippen molar-refractivity contribution in [3.05, 3.63) is 12.7 Å². The molecule has 0 aromatic heterocycles. The summed E-state index contributed by atoms with van der Waals surface area (Å²) in [6.07, 6.45) is 9.85. The topological polar surface area (TPSA) is 46.6 Å². The molecular weight excluding hydrogens is 290 g/mol. The van der Waals surface area contributed by atoms with Crippen molar-refractivity contribution in [3.8, 4) is 0 Å². The minimum Gasteiger partial charge on any atom is -0.469 e. The highest BCUT2D eigenvalue weighted by Crippen LogP contribution is 2.33. The second kappa shape index (κ2) is 10.5. The molecule has 4 nitrogen and oxygen atoms in total. The summed E-state index contributed by atoms with van der Waals surface area (Å²) in [6.45, 7) is 8.67. The maximum atomic E-state index is 12.8. The Hall–Kier alpha value is -1.32. The molecule has 1 fully saturated rings. The second-order valence-corrected chi connectivity index (χ2v) is 6.82. The number of hydrogen-bond acceptors (Lipinski definition) is 3. The van der Waals surface area contributed by atoms with Crippen LogP contribution < -0.4 is 0 Å². The van der Waals surface area contributed by atoms with E-state index in [4.69, 9.17) is 4.74 Å². The molecule has 4 heteroatoms. The van der Waals surface area contributed by atoms with Gasteiger partial charge in [-0.3, -0.25) is 9.59 Å². The number of unbranched alkanes of at least 4 members (excludes halogenated alkanes) is 1. The summed E-state index contributed by atoms with van der Waals surface area (Å²) in [5, 5.41) is 0. The summed E-state index contributed by atoms with van der Waals surface area (Å²) in [7, 11) is 1.38. The second-order valence-electron chi connectivity index (χ2n) is 6.82. The molecule has 0 heterocycles. The van der Waals surface area contributed by atoms with Gasteiger partial charge in [0, 0.05) is 19.0 Å². The predicted octanol–water partition coefficient (Wildman–Crippen LogP) is 3.81. The Labute approximate surface area is 141 Å². The van der Waals surface area contributed by atoms with Crippen LogP contribution in [0.1, 0.15) is 58.8 Å². The van der Waals surface area contributed by atoms with E-state index in [1.165, 1.54) is 26.4 Å². The molecule has 0 saturated heterocycles. The molecule has 1 aliphatic rings. The lowest BCUT2D eigenvalue weighted by Crippen LogP contribution is -2.41. The zero-order valence-corrected chi connectivity index (χ0v) is 15.1. The van der Waals surface area contributed by atoms with E-state index in [1.807, 2.05) is 0 Å². The summed E-state index contributed by atoms with van der Waals surface area (Å²) in [5.74, 6) is 0.507. The third-order valence-electron chi connectivity index (χ3n) is 4.92. The van der Waals surface area contributed by atoms with Gasteiger partial charge in [-0.2, -0.15) is 0 Å². The molecule has 0 radical (unpaired) electrons. The number of carbonyl (C=O) groups excluding carboxylic acids is 2. The highest BCUT2D eigenvalue weighted by molar-refractivity contribution is 5.80. The van der Waals surface area contributed by atoms with Crippen molar-refractivity contribution in [2.75, 3.05) is 20.2 Å². The van der Waals surface area contributed by atoms with E-state index in [9.17, 15) is 9.59 Å². The summed E-state index contributed by atoms with van der Waals surface area (Å²) in [4.78, 5) is 26.2. The zero-order chi connectivity index (χ0) is 17.2. The van der Waals surface area contributed by atoms with Gasteiger partial charge >= 0.3 is 5.97 Å². The van der Waals surface area contributed by atoms with Gasteiger partial charge in [-0.1, -0.05) is 39.2 Å². The molecule has 1 unspecified atom stereocenters. The minimum atomic E-state index is -0.301. The van der Waals surface area contributed by atoms with Gasteiger partial charge in [0.15, 0.2) is 0 Å². The summed E-state index contributed by atoms with van der Waals surface area (Å²) in [5.41, 5.74) is 0. The van der Waals surface area contributed by atoms with Crippen LogP contribution in [0.4, 0.5) is 0 Å². The van der Waals surface area contributed by atoms with Crippen molar-refractivity contribution >= 4 is 11.9 Å². The van der Waals surface area contributed by atoms with Gasteiger partial charge in [-0.25, -0.2) is 0 Å². The van der Waals surface area contributed by atoms with Crippen LogP contribution in [0.5, 0.6) is 0 Å². The molecule has 1 rings (SSSR count). The molecule has 0 N–H and O–H groups in total. The average molecular weight is 323 g/mol. The van der Waals surface area contributed by atoms with Gasteiger partial charge in [-0.15, -0.1) is 6.58 Å². The summed E-state index contributed by atoms with van der Waals surface area (Å²) >= 11 is 0. The number of rotatable bonds is 9. The molecule has 1 aliphatic carbocycles. The largest absolute Gasteiger partial charge is 0.469 e. The standard InChI is InChI=1S/C19H33NO3/c1-5-7-8-16-9-11-17(12-10-16)18(21)20(13-6-2)14-15(3)19(22)23-4/h6,15-17H,2,5,7-14H2,1,3-4H3. The Balaban J connectivity index is 2.54. The van der Waals surface area contributed by atoms with E-state index in [1.54, 1.807) is 17.9 Å². The zero-order valence-electron chi connectivity index (χ0n) is 15.1. The van der Waals surface area contributed by atoms with Gasteiger partial charge in [0.05, 0.1) is 13.0 Å². The molecule has 1 amide bonds. The number of amides is 1. The third kappa shape index (κ3) is 6.36. The van der Waals surface area contributed by atoms with Crippen molar-refractivity contribution in [2.24, 2.45) is 17.8 Å². The Bertz CT molecular complexity index is 386. The van der Waals surface area contributed by atoms with Crippen LogP contribution in [0.15, 0.2) is 12.7 Å². The monoisotopic (exact) mass is 323 g/mol. The number of ether oxygens (including phenoxy) is 1. The number of esters is 1. The van der Waals surface area contributed by atoms with Crippen LogP contribution in [-0.2, 0) is 14.3 Å².